The number of aromatic nitrogens is 2. The van der Waals surface area contributed by atoms with Crippen LogP contribution in [-0.2, 0) is 7.05 Å². The molecule has 0 unspecified atom stereocenters. The van der Waals surface area contributed by atoms with Gasteiger partial charge in [0.25, 0.3) is 0 Å². The number of methoxy groups -OCH3 is 1. The summed E-state index contributed by atoms with van der Waals surface area (Å²) in [4.78, 5) is 4.34. The molecule has 0 radical (unpaired) electrons. The molecule has 0 saturated heterocycles. The van der Waals surface area contributed by atoms with Gasteiger partial charge in [-0.2, -0.15) is 0 Å². The monoisotopic (exact) mass is 231 g/mol. The molecule has 2 N–H and O–H groups in total. The Bertz CT molecular complexity index is 539. The van der Waals surface area contributed by atoms with E-state index in [9.17, 15) is 0 Å². The van der Waals surface area contributed by atoms with E-state index in [0.717, 1.165) is 22.6 Å². The van der Waals surface area contributed by atoms with Crippen LogP contribution in [0.4, 0.5) is 5.95 Å². The smallest absolute Gasteiger partial charge is 0.200 e. The highest BCUT2D eigenvalue weighted by molar-refractivity contribution is 5.72. The molecule has 0 saturated carbocycles. The topological polar surface area (TPSA) is 53.1 Å². The molecule has 2 rings (SSSR count). The Labute approximate surface area is 101 Å². The lowest BCUT2D eigenvalue weighted by molar-refractivity contribution is 0.415. The lowest BCUT2D eigenvalue weighted by Crippen LogP contribution is -1.95. The minimum Gasteiger partial charge on any atom is -0.496 e. The highest BCUT2D eigenvalue weighted by atomic mass is 16.5. The van der Waals surface area contributed by atoms with Crippen molar-refractivity contribution in [3.63, 3.8) is 0 Å². The van der Waals surface area contributed by atoms with Gasteiger partial charge in [-0.15, -0.1) is 0 Å². The predicted molar refractivity (Wildman–Crippen MR) is 69.1 cm³/mol. The second-order valence-electron chi connectivity index (χ2n) is 4.25. The molecule has 0 atom stereocenters. The lowest BCUT2D eigenvalue weighted by Gasteiger charge is -2.10. The lowest BCUT2D eigenvalue weighted by atomic mass is 10.0. The summed E-state index contributed by atoms with van der Waals surface area (Å²) in [6.45, 7) is 4.10. The number of ether oxygens (including phenoxy) is 1. The Kier molecular flexibility index (Phi) is 2.79. The molecule has 1 heterocycles. The molecule has 90 valence electrons. The zero-order valence-electron chi connectivity index (χ0n) is 10.6. The Morgan fingerprint density at radius 3 is 2.53 bits per heavy atom. The number of rotatable bonds is 2. The number of imidazole rings is 1. The van der Waals surface area contributed by atoms with Gasteiger partial charge < -0.3 is 15.0 Å². The molecule has 0 amide bonds. The van der Waals surface area contributed by atoms with Gasteiger partial charge in [-0.05, 0) is 31.0 Å². The van der Waals surface area contributed by atoms with Crippen molar-refractivity contribution >= 4 is 5.95 Å². The minimum atomic E-state index is 0.502. The summed E-state index contributed by atoms with van der Waals surface area (Å²) in [6, 6.07) is 4.12. The number of aryl methyl sites for hydroxylation is 3. The summed E-state index contributed by atoms with van der Waals surface area (Å²) in [7, 11) is 3.55. The second kappa shape index (κ2) is 4.13. The van der Waals surface area contributed by atoms with E-state index < -0.39 is 0 Å². The summed E-state index contributed by atoms with van der Waals surface area (Å²) < 4.78 is 7.22. The fraction of sp³-hybridized carbons (Fsp3) is 0.308. The van der Waals surface area contributed by atoms with Crippen LogP contribution in [0.1, 0.15) is 11.1 Å². The standard InChI is InChI=1S/C13H17N3O/c1-8-5-9(2)12(11(6-8)17-4)10-7-16(3)13(14)15-10/h5-7H,1-4H3,(H2,14,15). The molecule has 0 bridgehead atoms. The summed E-state index contributed by atoms with van der Waals surface area (Å²) in [6.07, 6.45) is 1.91. The van der Waals surface area contributed by atoms with E-state index in [1.54, 1.807) is 11.7 Å². The average molecular weight is 231 g/mol. The van der Waals surface area contributed by atoms with Crippen LogP contribution in [0.2, 0.25) is 0 Å². The minimum absolute atomic E-state index is 0.502. The van der Waals surface area contributed by atoms with Crippen LogP contribution in [0.5, 0.6) is 5.75 Å². The van der Waals surface area contributed by atoms with Crippen molar-refractivity contribution in [2.24, 2.45) is 7.05 Å². The second-order valence-corrected chi connectivity index (χ2v) is 4.25. The first-order valence-electron chi connectivity index (χ1n) is 5.47. The van der Waals surface area contributed by atoms with Gasteiger partial charge in [0.1, 0.15) is 5.75 Å². The van der Waals surface area contributed by atoms with Crippen LogP contribution >= 0.6 is 0 Å². The number of nitrogens with zero attached hydrogens (tertiary/aromatic N) is 2. The maximum Gasteiger partial charge on any atom is 0.200 e. The summed E-state index contributed by atoms with van der Waals surface area (Å²) in [5.74, 6) is 1.34. The van der Waals surface area contributed by atoms with E-state index >= 15 is 0 Å². The molecule has 0 spiro atoms. The Morgan fingerprint density at radius 2 is 2.00 bits per heavy atom. The average Bonchev–Trinajstić information content (AvgIpc) is 2.57. The van der Waals surface area contributed by atoms with E-state index in [4.69, 9.17) is 10.5 Å². The maximum atomic E-state index is 5.76. The van der Waals surface area contributed by atoms with Gasteiger partial charge in [-0.25, -0.2) is 4.98 Å². The number of benzene rings is 1. The molecule has 17 heavy (non-hydrogen) atoms. The number of anilines is 1. The van der Waals surface area contributed by atoms with Crippen LogP contribution in [-0.4, -0.2) is 16.7 Å². The summed E-state index contributed by atoms with van der Waals surface area (Å²) in [5, 5.41) is 0. The Hall–Kier alpha value is -1.97. The summed E-state index contributed by atoms with van der Waals surface area (Å²) >= 11 is 0. The molecule has 1 aromatic carbocycles. The molecule has 2 aromatic rings. The normalized spacial score (nSPS) is 10.6. The van der Waals surface area contributed by atoms with Gasteiger partial charge in [0.2, 0.25) is 0 Å². The van der Waals surface area contributed by atoms with Crippen molar-refractivity contribution in [3.8, 4) is 17.0 Å². The van der Waals surface area contributed by atoms with Gasteiger partial charge >= 0.3 is 0 Å². The highest BCUT2D eigenvalue weighted by Gasteiger charge is 2.13. The van der Waals surface area contributed by atoms with E-state index in [0.29, 0.717) is 5.95 Å². The zero-order valence-corrected chi connectivity index (χ0v) is 10.6. The van der Waals surface area contributed by atoms with E-state index in [2.05, 4.69) is 18.0 Å². The van der Waals surface area contributed by atoms with Crippen molar-refractivity contribution in [1.29, 1.82) is 0 Å². The third-order valence-electron chi connectivity index (χ3n) is 2.83. The first kappa shape index (κ1) is 11.5. The van der Waals surface area contributed by atoms with E-state index in [1.807, 2.05) is 26.2 Å². The highest BCUT2D eigenvalue weighted by Crippen LogP contribution is 2.33. The van der Waals surface area contributed by atoms with E-state index in [-0.39, 0.29) is 0 Å². The van der Waals surface area contributed by atoms with Gasteiger partial charge in [-0.3, -0.25) is 0 Å². The zero-order chi connectivity index (χ0) is 12.6. The molecular weight excluding hydrogens is 214 g/mol. The van der Waals surface area contributed by atoms with Crippen LogP contribution in [0, 0.1) is 13.8 Å². The molecule has 0 aliphatic heterocycles. The third-order valence-corrected chi connectivity index (χ3v) is 2.83. The fourth-order valence-corrected chi connectivity index (χ4v) is 2.02. The number of nitrogen functional groups attached to an aromatic ring is 1. The van der Waals surface area contributed by atoms with Crippen LogP contribution in [0.15, 0.2) is 18.3 Å². The largest absolute Gasteiger partial charge is 0.496 e. The van der Waals surface area contributed by atoms with Gasteiger partial charge in [0.15, 0.2) is 5.95 Å². The molecule has 4 nitrogen and oxygen atoms in total. The SMILES string of the molecule is COc1cc(C)cc(C)c1-c1cn(C)c(N)n1. The quantitative estimate of drug-likeness (QED) is 0.862. The Balaban J connectivity index is 2.65. The van der Waals surface area contributed by atoms with Crippen LogP contribution in [0.3, 0.4) is 0 Å². The van der Waals surface area contributed by atoms with Crippen molar-refractivity contribution < 1.29 is 4.74 Å². The van der Waals surface area contributed by atoms with E-state index in [1.165, 1.54) is 5.56 Å². The number of hydrogen-bond donors (Lipinski definition) is 1. The van der Waals surface area contributed by atoms with Crippen molar-refractivity contribution in [2.75, 3.05) is 12.8 Å². The van der Waals surface area contributed by atoms with Gasteiger partial charge in [-0.1, -0.05) is 6.07 Å². The van der Waals surface area contributed by atoms with Crippen LogP contribution in [0.25, 0.3) is 11.3 Å². The molecule has 4 heteroatoms. The van der Waals surface area contributed by atoms with Crippen molar-refractivity contribution in [1.82, 2.24) is 9.55 Å². The van der Waals surface area contributed by atoms with Crippen molar-refractivity contribution in [3.05, 3.63) is 29.5 Å². The first-order chi connectivity index (χ1) is 8.02. The fourth-order valence-electron chi connectivity index (χ4n) is 2.02. The van der Waals surface area contributed by atoms with Gasteiger partial charge in [0, 0.05) is 18.8 Å². The van der Waals surface area contributed by atoms with Gasteiger partial charge in [0.05, 0.1) is 12.8 Å². The predicted octanol–water partition coefficient (Wildman–Crippen LogP) is 2.29. The number of hydrogen-bond acceptors (Lipinski definition) is 3. The molecular formula is C13H17N3O. The molecule has 0 fully saturated rings. The Morgan fingerprint density at radius 1 is 1.29 bits per heavy atom. The van der Waals surface area contributed by atoms with Crippen molar-refractivity contribution in [2.45, 2.75) is 13.8 Å². The first-order valence-corrected chi connectivity index (χ1v) is 5.47. The molecule has 0 aliphatic carbocycles. The molecule has 0 aliphatic rings. The maximum absolute atomic E-state index is 5.76. The van der Waals surface area contributed by atoms with Crippen LogP contribution < -0.4 is 10.5 Å². The molecule has 1 aromatic heterocycles. The number of nitrogens with two attached hydrogens (primary N) is 1. The summed E-state index contributed by atoms with van der Waals surface area (Å²) in [5.41, 5.74) is 9.92. The third kappa shape index (κ3) is 1.98.